The van der Waals surface area contributed by atoms with E-state index in [2.05, 4.69) is 10.3 Å². The third-order valence-electron chi connectivity index (χ3n) is 4.36. The van der Waals surface area contributed by atoms with Crippen LogP contribution < -0.4 is 11.1 Å². The van der Waals surface area contributed by atoms with E-state index in [0.29, 0.717) is 12.8 Å². The highest BCUT2D eigenvalue weighted by molar-refractivity contribution is 6.34. The second-order valence-electron chi connectivity index (χ2n) is 6.48. The molecule has 1 aliphatic carbocycles. The third kappa shape index (κ3) is 3.91. The van der Waals surface area contributed by atoms with E-state index in [-0.39, 0.29) is 39.8 Å². The Balaban J connectivity index is 2.04. The Kier molecular flexibility index (Phi) is 5.23. The molecule has 0 bridgehead atoms. The molecule has 1 amide bonds. The van der Waals surface area contributed by atoms with Gasteiger partial charge in [0.2, 0.25) is 0 Å². The number of nitrogens with one attached hydrogen (secondary N) is 1. The summed E-state index contributed by atoms with van der Waals surface area (Å²) >= 11 is 6.02. The summed E-state index contributed by atoms with van der Waals surface area (Å²) in [6, 6.07) is 8.30. The number of nitrogens with two attached hydrogens (primary N) is 1. The van der Waals surface area contributed by atoms with Crippen LogP contribution in [0.2, 0.25) is 5.02 Å². The number of nitrogens with zero attached hydrogens (tertiary/aromatic N) is 2. The minimum Gasteiger partial charge on any atom is -0.507 e. The maximum absolute atomic E-state index is 13.9. The Morgan fingerprint density at radius 3 is 2.75 bits per heavy atom. The number of hydrogen-bond donors (Lipinski definition) is 4. The van der Waals surface area contributed by atoms with E-state index in [4.69, 9.17) is 17.3 Å². The van der Waals surface area contributed by atoms with Gasteiger partial charge < -0.3 is 15.9 Å². The van der Waals surface area contributed by atoms with Crippen LogP contribution in [0.4, 0.5) is 4.39 Å². The van der Waals surface area contributed by atoms with Crippen molar-refractivity contribution >= 4 is 23.5 Å². The number of hydrogen-bond acceptors (Lipinski definition) is 5. The smallest absolute Gasteiger partial charge is 0.262 e. The van der Waals surface area contributed by atoms with Crippen LogP contribution in [0, 0.1) is 17.1 Å². The van der Waals surface area contributed by atoms with Gasteiger partial charge in [0.05, 0.1) is 34.4 Å². The molecule has 1 aliphatic rings. The molecule has 0 radical (unpaired) electrons. The van der Waals surface area contributed by atoms with Crippen molar-refractivity contribution in [3.8, 4) is 22.9 Å². The van der Waals surface area contributed by atoms with Crippen molar-refractivity contribution in [3.63, 3.8) is 0 Å². The second-order valence-corrected chi connectivity index (χ2v) is 6.85. The highest BCUT2D eigenvalue weighted by Crippen LogP contribution is 2.38. The number of aliphatic hydroxyl groups is 1. The van der Waals surface area contributed by atoms with Gasteiger partial charge in [0.25, 0.3) is 5.91 Å². The molecular weight excluding hydrogens is 387 g/mol. The van der Waals surface area contributed by atoms with Crippen LogP contribution in [0.1, 0.15) is 28.8 Å². The lowest BCUT2D eigenvalue weighted by atomic mass is 9.93. The lowest BCUT2D eigenvalue weighted by Gasteiger charge is -2.15. The van der Waals surface area contributed by atoms with Crippen LogP contribution >= 0.6 is 11.6 Å². The van der Waals surface area contributed by atoms with Crippen molar-refractivity contribution in [2.24, 2.45) is 10.7 Å². The van der Waals surface area contributed by atoms with E-state index < -0.39 is 23.1 Å². The summed E-state index contributed by atoms with van der Waals surface area (Å²) in [5, 5.41) is 31.5. The molecule has 3 rings (SSSR count). The molecule has 1 fully saturated rings. The summed E-state index contributed by atoms with van der Waals surface area (Å²) in [4.78, 5) is 16.6. The van der Waals surface area contributed by atoms with E-state index in [1.807, 2.05) is 6.07 Å². The van der Waals surface area contributed by atoms with Gasteiger partial charge in [0.15, 0.2) is 5.96 Å². The number of phenolic OH excluding ortho intramolecular Hbond substituents is 1. The van der Waals surface area contributed by atoms with Crippen LogP contribution in [0.15, 0.2) is 35.3 Å². The number of carbonyl (C=O) groups excluding carboxylic acids is 1. The minimum absolute atomic E-state index is 0.0123. The van der Waals surface area contributed by atoms with E-state index in [9.17, 15) is 24.7 Å². The normalized spacial score (nSPS) is 15.0. The standard InChI is InChI=1S/C19H16ClFN4O3/c20-16-11(2-1-3-12(16)21)14-10(8-22)4-5-13(26)15(14)17(27)25-18(23)24-9-19(28)6-7-19/h1-5,26,28H,6-7,9H2,(H3,23,24,25,27). The van der Waals surface area contributed by atoms with Crippen molar-refractivity contribution in [3.05, 3.63) is 52.3 Å². The van der Waals surface area contributed by atoms with Crippen LogP contribution in [0.5, 0.6) is 5.75 Å². The number of aromatic hydroxyl groups is 1. The average molecular weight is 403 g/mol. The number of benzene rings is 2. The summed E-state index contributed by atoms with van der Waals surface area (Å²) in [5.74, 6) is -2.30. The molecule has 0 spiro atoms. The van der Waals surface area contributed by atoms with Crippen molar-refractivity contribution in [2.75, 3.05) is 6.54 Å². The Bertz CT molecular complexity index is 1030. The number of aliphatic imine (C=N–C) groups is 1. The fourth-order valence-corrected chi connectivity index (χ4v) is 2.86. The summed E-state index contributed by atoms with van der Waals surface area (Å²) in [6.07, 6.45) is 1.20. The lowest BCUT2D eigenvalue weighted by Crippen LogP contribution is -2.38. The van der Waals surface area contributed by atoms with E-state index in [0.717, 1.165) is 6.07 Å². The number of nitriles is 1. The molecule has 1 saturated carbocycles. The molecule has 0 heterocycles. The van der Waals surface area contributed by atoms with Gasteiger partial charge in [-0.05, 0) is 31.0 Å². The van der Waals surface area contributed by atoms with Gasteiger partial charge in [-0.1, -0.05) is 23.7 Å². The third-order valence-corrected chi connectivity index (χ3v) is 4.75. The topological polar surface area (TPSA) is 132 Å². The molecule has 9 heteroatoms. The monoisotopic (exact) mass is 402 g/mol. The summed E-state index contributed by atoms with van der Waals surface area (Å²) in [6.45, 7) is 0.0336. The quantitative estimate of drug-likeness (QED) is 0.460. The SMILES string of the molecule is N#Cc1ccc(O)c(C(=O)NC(N)=NCC2(O)CC2)c1-c1cccc(F)c1Cl. The van der Waals surface area contributed by atoms with Crippen molar-refractivity contribution < 1.29 is 19.4 Å². The Morgan fingerprint density at radius 1 is 1.39 bits per heavy atom. The number of guanidine groups is 1. The lowest BCUT2D eigenvalue weighted by molar-refractivity contribution is 0.0974. The second kappa shape index (κ2) is 7.46. The van der Waals surface area contributed by atoms with Gasteiger partial charge >= 0.3 is 0 Å². The van der Waals surface area contributed by atoms with E-state index in [1.54, 1.807) is 0 Å². The molecule has 144 valence electrons. The molecule has 28 heavy (non-hydrogen) atoms. The first-order valence-electron chi connectivity index (χ1n) is 8.30. The highest BCUT2D eigenvalue weighted by atomic mass is 35.5. The highest BCUT2D eigenvalue weighted by Gasteiger charge is 2.40. The van der Waals surface area contributed by atoms with Gasteiger partial charge in [-0.15, -0.1) is 0 Å². The molecule has 2 aromatic carbocycles. The predicted molar refractivity (Wildman–Crippen MR) is 101 cm³/mol. The number of rotatable bonds is 4. The first kappa shape index (κ1) is 19.6. The molecule has 5 N–H and O–H groups in total. The zero-order chi connectivity index (χ0) is 20.5. The molecular formula is C19H16ClFN4O3. The van der Waals surface area contributed by atoms with Gasteiger partial charge in [-0.25, -0.2) is 4.39 Å². The van der Waals surface area contributed by atoms with Crippen LogP contribution in [0.25, 0.3) is 11.1 Å². The largest absolute Gasteiger partial charge is 0.507 e. The number of amides is 1. The van der Waals surface area contributed by atoms with E-state index >= 15 is 0 Å². The molecule has 0 atom stereocenters. The number of carbonyl (C=O) groups is 1. The van der Waals surface area contributed by atoms with Crippen molar-refractivity contribution in [1.29, 1.82) is 5.26 Å². The zero-order valence-electron chi connectivity index (χ0n) is 14.5. The Hall–Kier alpha value is -3.15. The van der Waals surface area contributed by atoms with Crippen molar-refractivity contribution in [1.82, 2.24) is 5.32 Å². The van der Waals surface area contributed by atoms with Crippen LogP contribution in [-0.2, 0) is 0 Å². The predicted octanol–water partition coefficient (Wildman–Crippen LogP) is 2.29. The summed E-state index contributed by atoms with van der Waals surface area (Å²) in [5.41, 5.74) is 4.55. The fraction of sp³-hybridized carbons (Fsp3) is 0.211. The summed E-state index contributed by atoms with van der Waals surface area (Å²) in [7, 11) is 0. The molecule has 0 unspecified atom stereocenters. The Labute approximate surface area is 164 Å². The molecule has 0 aromatic heterocycles. The van der Waals surface area contributed by atoms with E-state index in [1.165, 1.54) is 24.3 Å². The van der Waals surface area contributed by atoms with Gasteiger partial charge in [-0.3, -0.25) is 15.1 Å². The first-order chi connectivity index (χ1) is 13.3. The molecule has 7 nitrogen and oxygen atoms in total. The molecule has 0 aliphatic heterocycles. The minimum atomic E-state index is -0.890. The fourth-order valence-electron chi connectivity index (χ4n) is 2.64. The average Bonchev–Trinajstić information content (AvgIpc) is 3.40. The zero-order valence-corrected chi connectivity index (χ0v) is 15.3. The van der Waals surface area contributed by atoms with Crippen LogP contribution in [-0.4, -0.2) is 34.2 Å². The number of phenols is 1. The maximum atomic E-state index is 13.9. The van der Waals surface area contributed by atoms with Gasteiger partial charge in [-0.2, -0.15) is 5.26 Å². The number of halogens is 2. The maximum Gasteiger partial charge on any atom is 0.262 e. The molecule has 2 aromatic rings. The van der Waals surface area contributed by atoms with Crippen molar-refractivity contribution in [2.45, 2.75) is 18.4 Å². The van der Waals surface area contributed by atoms with Gasteiger partial charge in [0, 0.05) is 11.1 Å². The van der Waals surface area contributed by atoms with Gasteiger partial charge in [0.1, 0.15) is 11.6 Å². The summed E-state index contributed by atoms with van der Waals surface area (Å²) < 4.78 is 13.9. The Morgan fingerprint density at radius 2 is 2.11 bits per heavy atom. The first-order valence-corrected chi connectivity index (χ1v) is 8.67. The van der Waals surface area contributed by atoms with Crippen LogP contribution in [0.3, 0.4) is 0 Å². The molecule has 0 saturated heterocycles.